The zero-order valence-corrected chi connectivity index (χ0v) is 9.60. The highest BCUT2D eigenvalue weighted by atomic mass is 19.1. The van der Waals surface area contributed by atoms with Gasteiger partial charge >= 0.3 is 0 Å². The zero-order valence-electron chi connectivity index (χ0n) is 9.60. The first-order chi connectivity index (χ1) is 6.93. The molecule has 15 heavy (non-hydrogen) atoms. The Morgan fingerprint density at radius 2 is 2.07 bits per heavy atom. The van der Waals surface area contributed by atoms with Crippen LogP contribution in [0.15, 0.2) is 12.1 Å². The van der Waals surface area contributed by atoms with Crippen LogP contribution in [-0.2, 0) is 5.41 Å². The fraction of sp³-hybridized carbons (Fsp3) is 0.538. The molecular formula is C13H18FN. The Balaban J connectivity index is 2.72. The smallest absolute Gasteiger partial charge is 0.128 e. The largest absolute Gasteiger partial charge is 0.324 e. The van der Waals surface area contributed by atoms with Crippen molar-refractivity contribution < 1.29 is 4.39 Å². The molecule has 2 N–H and O–H groups in total. The van der Waals surface area contributed by atoms with Gasteiger partial charge in [-0.2, -0.15) is 0 Å². The summed E-state index contributed by atoms with van der Waals surface area (Å²) in [6, 6.07) is 3.26. The molecule has 0 aliphatic heterocycles. The highest BCUT2D eigenvalue weighted by Crippen LogP contribution is 2.43. The molecule has 82 valence electrons. The summed E-state index contributed by atoms with van der Waals surface area (Å²) in [5, 5.41) is 0. The molecule has 1 aromatic rings. The zero-order chi connectivity index (χ0) is 11.2. The first-order valence-electron chi connectivity index (χ1n) is 5.48. The van der Waals surface area contributed by atoms with E-state index in [2.05, 4.69) is 13.8 Å². The van der Waals surface area contributed by atoms with E-state index < -0.39 is 0 Å². The molecule has 0 amide bonds. The van der Waals surface area contributed by atoms with Crippen molar-refractivity contribution in [3.63, 3.8) is 0 Å². The first-order valence-corrected chi connectivity index (χ1v) is 5.48. The summed E-state index contributed by atoms with van der Waals surface area (Å²) in [5.41, 5.74) is 9.08. The Labute approximate surface area is 90.5 Å². The molecule has 1 nitrogen and oxygen atoms in total. The van der Waals surface area contributed by atoms with Gasteiger partial charge in [-0.15, -0.1) is 0 Å². The molecule has 0 saturated heterocycles. The molecule has 1 atom stereocenters. The Morgan fingerprint density at radius 3 is 2.67 bits per heavy atom. The highest BCUT2D eigenvalue weighted by molar-refractivity contribution is 5.44. The Kier molecular flexibility index (Phi) is 2.34. The van der Waals surface area contributed by atoms with Gasteiger partial charge in [0, 0.05) is 11.6 Å². The molecule has 2 heteroatoms. The van der Waals surface area contributed by atoms with Crippen molar-refractivity contribution in [3.8, 4) is 0 Å². The lowest BCUT2D eigenvalue weighted by Crippen LogP contribution is -2.31. The molecule has 0 spiro atoms. The second-order valence-corrected chi connectivity index (χ2v) is 5.18. The van der Waals surface area contributed by atoms with Gasteiger partial charge in [0.25, 0.3) is 0 Å². The average Bonchev–Trinajstić information content (AvgIpc) is 2.16. The molecule has 1 aromatic carbocycles. The number of hydrogen-bond acceptors (Lipinski definition) is 1. The molecule has 0 bridgehead atoms. The summed E-state index contributed by atoms with van der Waals surface area (Å²) in [7, 11) is 0. The van der Waals surface area contributed by atoms with E-state index in [-0.39, 0.29) is 17.3 Å². The van der Waals surface area contributed by atoms with Crippen LogP contribution in [0.3, 0.4) is 0 Å². The third kappa shape index (κ3) is 1.57. The molecule has 1 aliphatic rings. The quantitative estimate of drug-likeness (QED) is 0.694. The minimum atomic E-state index is -0.143. The van der Waals surface area contributed by atoms with Crippen LogP contribution in [0, 0.1) is 12.7 Å². The van der Waals surface area contributed by atoms with E-state index in [0.717, 1.165) is 29.5 Å². The molecule has 0 heterocycles. The van der Waals surface area contributed by atoms with Gasteiger partial charge in [-0.05, 0) is 42.4 Å². The van der Waals surface area contributed by atoms with Crippen molar-refractivity contribution >= 4 is 0 Å². The van der Waals surface area contributed by atoms with Crippen molar-refractivity contribution in [2.24, 2.45) is 5.73 Å². The first kappa shape index (κ1) is 10.6. The fourth-order valence-electron chi connectivity index (χ4n) is 2.75. The summed E-state index contributed by atoms with van der Waals surface area (Å²) >= 11 is 0. The van der Waals surface area contributed by atoms with Gasteiger partial charge in [0.05, 0.1) is 0 Å². The van der Waals surface area contributed by atoms with Crippen LogP contribution in [0.25, 0.3) is 0 Å². The van der Waals surface area contributed by atoms with E-state index in [1.54, 1.807) is 0 Å². The standard InChI is InChI=1S/C13H18FN/c1-8-4-5-9(14)11-10(15)6-7-13(2,3)12(8)11/h4-5,10H,6-7,15H2,1-3H3. The number of benzene rings is 1. The summed E-state index contributed by atoms with van der Waals surface area (Å²) < 4.78 is 13.8. The van der Waals surface area contributed by atoms with Gasteiger partial charge in [-0.25, -0.2) is 4.39 Å². The summed E-state index contributed by atoms with van der Waals surface area (Å²) in [5.74, 6) is -0.143. The van der Waals surface area contributed by atoms with Crippen molar-refractivity contribution in [2.45, 2.75) is 45.1 Å². The maximum Gasteiger partial charge on any atom is 0.128 e. The molecular weight excluding hydrogens is 189 g/mol. The highest BCUT2D eigenvalue weighted by Gasteiger charge is 2.34. The number of halogens is 1. The molecule has 1 unspecified atom stereocenters. The second kappa shape index (κ2) is 3.31. The Bertz CT molecular complexity index is 396. The van der Waals surface area contributed by atoms with E-state index in [4.69, 9.17) is 5.73 Å². The minimum absolute atomic E-state index is 0.0530. The molecule has 0 radical (unpaired) electrons. The van der Waals surface area contributed by atoms with Gasteiger partial charge in [-0.3, -0.25) is 0 Å². The van der Waals surface area contributed by atoms with E-state index in [0.29, 0.717) is 0 Å². The van der Waals surface area contributed by atoms with E-state index >= 15 is 0 Å². The van der Waals surface area contributed by atoms with Gasteiger partial charge in [0.1, 0.15) is 5.82 Å². The lowest BCUT2D eigenvalue weighted by atomic mass is 9.69. The average molecular weight is 207 g/mol. The molecule has 1 aliphatic carbocycles. The predicted octanol–water partition coefficient (Wildman–Crippen LogP) is 3.21. The monoisotopic (exact) mass is 207 g/mol. The second-order valence-electron chi connectivity index (χ2n) is 5.18. The molecule has 2 rings (SSSR count). The van der Waals surface area contributed by atoms with Gasteiger partial charge in [-0.1, -0.05) is 19.9 Å². The topological polar surface area (TPSA) is 26.0 Å². The Morgan fingerprint density at radius 1 is 1.40 bits per heavy atom. The maximum atomic E-state index is 13.8. The van der Waals surface area contributed by atoms with Gasteiger partial charge < -0.3 is 5.73 Å². The molecule has 0 fully saturated rings. The third-order valence-corrected chi connectivity index (χ3v) is 3.53. The summed E-state index contributed by atoms with van der Waals surface area (Å²) in [6.45, 7) is 6.38. The third-order valence-electron chi connectivity index (χ3n) is 3.53. The SMILES string of the molecule is Cc1ccc(F)c2c1C(C)(C)CCC2N. The van der Waals surface area contributed by atoms with E-state index in [1.807, 2.05) is 13.0 Å². The van der Waals surface area contributed by atoms with Gasteiger partial charge in [0.2, 0.25) is 0 Å². The summed E-state index contributed by atoms with van der Waals surface area (Å²) in [4.78, 5) is 0. The number of aryl methyl sites for hydroxylation is 1. The van der Waals surface area contributed by atoms with Crippen LogP contribution in [0.1, 0.15) is 49.4 Å². The summed E-state index contributed by atoms with van der Waals surface area (Å²) in [6.07, 6.45) is 1.91. The van der Waals surface area contributed by atoms with E-state index in [9.17, 15) is 4.39 Å². The number of fused-ring (bicyclic) bond motifs is 1. The van der Waals surface area contributed by atoms with Crippen LogP contribution >= 0.6 is 0 Å². The van der Waals surface area contributed by atoms with Gasteiger partial charge in [0.15, 0.2) is 0 Å². The molecule has 0 saturated carbocycles. The van der Waals surface area contributed by atoms with Crippen LogP contribution in [0.2, 0.25) is 0 Å². The Hall–Kier alpha value is -0.890. The predicted molar refractivity (Wildman–Crippen MR) is 60.3 cm³/mol. The number of nitrogens with two attached hydrogens (primary N) is 1. The van der Waals surface area contributed by atoms with Crippen LogP contribution < -0.4 is 5.73 Å². The lowest BCUT2D eigenvalue weighted by Gasteiger charge is -2.37. The number of rotatable bonds is 0. The normalized spacial score (nSPS) is 23.7. The van der Waals surface area contributed by atoms with Crippen LogP contribution in [0.5, 0.6) is 0 Å². The van der Waals surface area contributed by atoms with Crippen molar-refractivity contribution in [1.82, 2.24) is 0 Å². The van der Waals surface area contributed by atoms with Crippen molar-refractivity contribution in [3.05, 3.63) is 34.6 Å². The lowest BCUT2D eigenvalue weighted by molar-refractivity contribution is 0.382. The molecule has 0 aromatic heterocycles. The maximum absolute atomic E-state index is 13.8. The van der Waals surface area contributed by atoms with Crippen LogP contribution in [0.4, 0.5) is 4.39 Å². The minimum Gasteiger partial charge on any atom is -0.324 e. The van der Waals surface area contributed by atoms with Crippen molar-refractivity contribution in [1.29, 1.82) is 0 Å². The van der Waals surface area contributed by atoms with Crippen molar-refractivity contribution in [2.75, 3.05) is 0 Å². The number of hydrogen-bond donors (Lipinski definition) is 1. The fourth-order valence-corrected chi connectivity index (χ4v) is 2.75. The van der Waals surface area contributed by atoms with E-state index in [1.165, 1.54) is 6.07 Å². The van der Waals surface area contributed by atoms with Crippen LogP contribution in [-0.4, -0.2) is 0 Å².